The van der Waals surface area contributed by atoms with Crippen LogP contribution < -0.4 is 10.1 Å². The van der Waals surface area contributed by atoms with Crippen LogP contribution in [0.15, 0.2) is 70.2 Å². The smallest absolute Gasteiger partial charge is 0.180 e. The molecule has 0 unspecified atom stereocenters. The van der Waals surface area contributed by atoms with E-state index >= 15 is 0 Å². The second kappa shape index (κ2) is 11.7. The third-order valence-electron chi connectivity index (χ3n) is 7.15. The molecule has 1 fully saturated rings. The molecule has 1 aliphatic rings. The van der Waals surface area contributed by atoms with Gasteiger partial charge in [0.2, 0.25) is 0 Å². The molecular formula is C30H31BrN6O2S. The van der Waals surface area contributed by atoms with E-state index in [4.69, 9.17) is 14.5 Å². The highest BCUT2D eigenvalue weighted by atomic mass is 79.9. The third-order valence-corrected chi connectivity index (χ3v) is 8.03. The van der Waals surface area contributed by atoms with E-state index < -0.39 is 0 Å². The molecule has 40 heavy (non-hydrogen) atoms. The lowest BCUT2D eigenvalue weighted by atomic mass is 10.2. The molecule has 10 heteroatoms. The summed E-state index contributed by atoms with van der Waals surface area (Å²) < 4.78 is 14.5. The first-order chi connectivity index (χ1) is 19.5. The molecule has 4 heterocycles. The minimum atomic E-state index is 0.645. The van der Waals surface area contributed by atoms with Crippen molar-refractivity contribution in [1.29, 1.82) is 0 Å². The zero-order valence-corrected chi connectivity index (χ0v) is 24.9. The number of anilines is 2. The second-order valence-corrected chi connectivity index (χ2v) is 11.2. The van der Waals surface area contributed by atoms with Crippen molar-refractivity contribution in [3.63, 3.8) is 0 Å². The molecule has 206 valence electrons. The number of aryl methyl sites for hydroxylation is 1. The van der Waals surface area contributed by atoms with Crippen molar-refractivity contribution in [3.05, 3.63) is 76.7 Å². The number of hydrogen-bond acceptors (Lipinski definition) is 7. The SMILES string of the molecule is Cc1cc(-c2nc3ncc(Br)c(Nc4cccc(S)c4)c3[nH]2)c(C)n1-c1ccc(OCCN2CCOCC2)cc1. The maximum atomic E-state index is 6.01. The number of H-pyrrole nitrogens is 1. The molecule has 0 saturated carbocycles. The average Bonchev–Trinajstić information content (AvgIpc) is 3.52. The fraction of sp³-hybridized carbons (Fsp3) is 0.267. The van der Waals surface area contributed by atoms with Gasteiger partial charge in [0.1, 0.15) is 23.7 Å². The van der Waals surface area contributed by atoms with Gasteiger partial charge in [-0.1, -0.05) is 6.07 Å². The first-order valence-electron chi connectivity index (χ1n) is 13.3. The summed E-state index contributed by atoms with van der Waals surface area (Å²) >= 11 is 8.11. The van der Waals surface area contributed by atoms with Crippen LogP contribution in [0.3, 0.4) is 0 Å². The number of fused-ring (bicyclic) bond motifs is 1. The molecule has 0 radical (unpaired) electrons. The number of halogens is 1. The van der Waals surface area contributed by atoms with Crippen LogP contribution in [0.4, 0.5) is 11.4 Å². The quantitative estimate of drug-likeness (QED) is 0.171. The molecule has 0 atom stereocenters. The van der Waals surface area contributed by atoms with E-state index in [0.717, 1.165) is 93.3 Å². The molecule has 0 spiro atoms. The number of aromatic nitrogens is 4. The Morgan fingerprint density at radius 2 is 1.90 bits per heavy atom. The Hall–Kier alpha value is -3.31. The number of imidazole rings is 1. The fourth-order valence-electron chi connectivity index (χ4n) is 5.12. The van der Waals surface area contributed by atoms with Gasteiger partial charge in [0.15, 0.2) is 5.65 Å². The molecule has 6 rings (SSSR count). The van der Waals surface area contributed by atoms with E-state index in [2.05, 4.69) is 85.4 Å². The van der Waals surface area contributed by atoms with E-state index in [1.165, 1.54) is 0 Å². The van der Waals surface area contributed by atoms with Crippen molar-refractivity contribution in [2.75, 3.05) is 44.8 Å². The molecule has 0 amide bonds. The fourth-order valence-corrected chi connectivity index (χ4v) is 5.74. The number of nitrogens with zero attached hydrogens (tertiary/aromatic N) is 4. The molecule has 2 N–H and O–H groups in total. The Kier molecular flexibility index (Phi) is 7.84. The monoisotopic (exact) mass is 618 g/mol. The van der Waals surface area contributed by atoms with Crippen LogP contribution in [0.1, 0.15) is 11.4 Å². The average molecular weight is 620 g/mol. The molecule has 2 aromatic carbocycles. The van der Waals surface area contributed by atoms with Crippen LogP contribution >= 0.6 is 28.6 Å². The zero-order valence-electron chi connectivity index (χ0n) is 22.4. The summed E-state index contributed by atoms with van der Waals surface area (Å²) in [4.78, 5) is 16.2. The number of morpholine rings is 1. The predicted octanol–water partition coefficient (Wildman–Crippen LogP) is 6.54. The van der Waals surface area contributed by atoms with E-state index in [9.17, 15) is 0 Å². The minimum Gasteiger partial charge on any atom is -0.492 e. The lowest BCUT2D eigenvalue weighted by Gasteiger charge is -2.26. The molecular weight excluding hydrogens is 588 g/mol. The maximum absolute atomic E-state index is 6.01. The summed E-state index contributed by atoms with van der Waals surface area (Å²) in [5, 5.41) is 3.48. The highest BCUT2D eigenvalue weighted by Crippen LogP contribution is 2.35. The molecule has 1 aliphatic heterocycles. The molecule has 8 nitrogen and oxygen atoms in total. The Morgan fingerprint density at radius 1 is 1.10 bits per heavy atom. The molecule has 0 bridgehead atoms. The Labute approximate surface area is 247 Å². The van der Waals surface area contributed by atoms with Crippen molar-refractivity contribution in [3.8, 4) is 22.8 Å². The summed E-state index contributed by atoms with van der Waals surface area (Å²) in [6.07, 6.45) is 1.77. The first-order valence-corrected chi connectivity index (χ1v) is 14.5. The molecule has 1 saturated heterocycles. The van der Waals surface area contributed by atoms with Crippen LogP contribution in [0.5, 0.6) is 5.75 Å². The Morgan fingerprint density at radius 3 is 2.67 bits per heavy atom. The second-order valence-electron chi connectivity index (χ2n) is 9.86. The maximum Gasteiger partial charge on any atom is 0.180 e. The Bertz CT molecular complexity index is 1640. The Balaban J connectivity index is 1.23. The molecule has 5 aromatic rings. The summed E-state index contributed by atoms with van der Waals surface area (Å²) in [5.74, 6) is 1.64. The van der Waals surface area contributed by atoms with Gasteiger partial charge in [-0.2, -0.15) is 0 Å². The van der Waals surface area contributed by atoms with Gasteiger partial charge in [0.25, 0.3) is 0 Å². The van der Waals surface area contributed by atoms with E-state index in [0.29, 0.717) is 12.3 Å². The van der Waals surface area contributed by atoms with Gasteiger partial charge >= 0.3 is 0 Å². The van der Waals surface area contributed by atoms with Crippen molar-refractivity contribution in [2.45, 2.75) is 18.7 Å². The van der Waals surface area contributed by atoms with Crippen LogP contribution in [0.2, 0.25) is 0 Å². The van der Waals surface area contributed by atoms with Gasteiger partial charge in [0.05, 0.1) is 23.4 Å². The number of rotatable bonds is 8. The van der Waals surface area contributed by atoms with Gasteiger partial charge in [-0.15, -0.1) is 12.6 Å². The highest BCUT2D eigenvalue weighted by Gasteiger charge is 2.18. The van der Waals surface area contributed by atoms with Gasteiger partial charge in [-0.05, 0) is 78.3 Å². The number of ether oxygens (including phenoxy) is 2. The summed E-state index contributed by atoms with van der Waals surface area (Å²) in [7, 11) is 0. The van der Waals surface area contributed by atoms with Crippen molar-refractivity contribution in [2.24, 2.45) is 0 Å². The van der Waals surface area contributed by atoms with Crippen LogP contribution in [0, 0.1) is 13.8 Å². The number of thiol groups is 1. The van der Waals surface area contributed by atoms with Crippen LogP contribution in [0.25, 0.3) is 28.2 Å². The third kappa shape index (κ3) is 5.62. The van der Waals surface area contributed by atoms with Gasteiger partial charge in [0, 0.05) is 59.1 Å². The van der Waals surface area contributed by atoms with Crippen LogP contribution in [-0.2, 0) is 4.74 Å². The number of pyridine rings is 1. The molecule has 0 aliphatic carbocycles. The predicted molar refractivity (Wildman–Crippen MR) is 166 cm³/mol. The first kappa shape index (κ1) is 26.9. The van der Waals surface area contributed by atoms with E-state index in [-0.39, 0.29) is 0 Å². The van der Waals surface area contributed by atoms with Crippen LogP contribution in [-0.4, -0.2) is 63.9 Å². The zero-order chi connectivity index (χ0) is 27.6. The molecule has 3 aromatic heterocycles. The van der Waals surface area contributed by atoms with E-state index in [1.54, 1.807) is 6.20 Å². The number of benzene rings is 2. The van der Waals surface area contributed by atoms with Gasteiger partial charge in [-0.25, -0.2) is 9.97 Å². The van der Waals surface area contributed by atoms with Crippen molar-refractivity contribution in [1.82, 2.24) is 24.4 Å². The largest absolute Gasteiger partial charge is 0.492 e. The summed E-state index contributed by atoms with van der Waals surface area (Å²) in [6, 6.07) is 18.3. The van der Waals surface area contributed by atoms with E-state index in [1.807, 2.05) is 36.4 Å². The lowest BCUT2D eigenvalue weighted by molar-refractivity contribution is 0.0322. The van der Waals surface area contributed by atoms with Crippen molar-refractivity contribution >= 4 is 51.1 Å². The van der Waals surface area contributed by atoms with Gasteiger partial charge < -0.3 is 24.3 Å². The topological polar surface area (TPSA) is 80.2 Å². The highest BCUT2D eigenvalue weighted by molar-refractivity contribution is 9.10. The minimum absolute atomic E-state index is 0.645. The summed E-state index contributed by atoms with van der Waals surface area (Å²) in [6.45, 7) is 9.34. The normalized spacial score (nSPS) is 14.1. The van der Waals surface area contributed by atoms with Gasteiger partial charge in [-0.3, -0.25) is 4.90 Å². The number of aromatic amines is 1. The number of hydrogen-bond donors (Lipinski definition) is 3. The summed E-state index contributed by atoms with van der Waals surface area (Å²) in [5.41, 5.74) is 7.60. The lowest BCUT2D eigenvalue weighted by Crippen LogP contribution is -2.38. The number of nitrogens with one attached hydrogen (secondary N) is 2. The van der Waals surface area contributed by atoms with Crippen molar-refractivity contribution < 1.29 is 9.47 Å². The standard InChI is InChI=1S/C30H31BrN6O2S/c1-19-16-25(20(2)37(19)22-6-8-23(9-7-22)39-15-12-36-10-13-38-14-11-36)29-34-28-27(26(31)18-32-30(28)35-29)33-21-4-3-5-24(40)17-21/h3-9,16-18,40H,10-15H2,1-2H3,(H2,32,33,34,35).